The van der Waals surface area contributed by atoms with Gasteiger partial charge in [-0.3, -0.25) is 4.79 Å². The van der Waals surface area contributed by atoms with E-state index in [-0.39, 0.29) is 17.1 Å². The number of nitrogens with one attached hydrogen (secondary N) is 1. The molecular weight excluding hydrogens is 325 g/mol. The van der Waals surface area contributed by atoms with Crippen molar-refractivity contribution in [2.45, 2.75) is 90.9 Å². The molecule has 146 valence electrons. The average Bonchev–Trinajstić information content (AvgIpc) is 3.44. The van der Waals surface area contributed by atoms with E-state index in [1.165, 1.54) is 76.3 Å². The Morgan fingerprint density at radius 1 is 0.962 bits per heavy atom. The summed E-state index contributed by atoms with van der Waals surface area (Å²) in [5, 5.41) is 3.05. The van der Waals surface area contributed by atoms with Gasteiger partial charge in [-0.05, 0) is 55.9 Å². The number of anilines is 1. The highest BCUT2D eigenvalue weighted by Gasteiger charge is 2.54. The van der Waals surface area contributed by atoms with Gasteiger partial charge in [0.25, 0.3) is 0 Å². The van der Waals surface area contributed by atoms with Crippen LogP contribution in [0.5, 0.6) is 0 Å². The molecule has 1 N–H and O–H groups in total. The smallest absolute Gasteiger partial charge is 0.230 e. The van der Waals surface area contributed by atoms with Crippen LogP contribution in [0.1, 0.15) is 90.9 Å². The summed E-state index contributed by atoms with van der Waals surface area (Å²) in [6, 6.07) is 6.12. The van der Waals surface area contributed by atoms with E-state index >= 15 is 0 Å². The Bertz CT molecular complexity index is 524. The highest BCUT2D eigenvalue weighted by molar-refractivity contribution is 5.97. The highest BCUT2D eigenvalue weighted by Crippen LogP contribution is 2.56. The van der Waals surface area contributed by atoms with E-state index in [9.17, 15) is 9.18 Å². The van der Waals surface area contributed by atoms with Gasteiger partial charge in [-0.15, -0.1) is 0 Å². The zero-order chi connectivity index (χ0) is 18.8. The van der Waals surface area contributed by atoms with Crippen molar-refractivity contribution in [3.63, 3.8) is 0 Å². The van der Waals surface area contributed by atoms with Crippen LogP contribution in [0.2, 0.25) is 0 Å². The zero-order valence-electron chi connectivity index (χ0n) is 16.7. The number of benzene rings is 1. The van der Waals surface area contributed by atoms with Crippen LogP contribution >= 0.6 is 0 Å². The number of hydrogen-bond donors (Lipinski definition) is 1. The van der Waals surface area contributed by atoms with Gasteiger partial charge in [0.2, 0.25) is 5.91 Å². The van der Waals surface area contributed by atoms with Crippen LogP contribution in [-0.2, 0) is 4.79 Å². The molecule has 0 radical (unpaired) electrons. The summed E-state index contributed by atoms with van der Waals surface area (Å²) < 4.78 is 13.1. The van der Waals surface area contributed by atoms with Crippen molar-refractivity contribution in [1.82, 2.24) is 0 Å². The number of amides is 1. The molecule has 0 bridgehead atoms. The number of carbonyl (C=O) groups excluding carboxylic acids is 1. The second-order valence-corrected chi connectivity index (χ2v) is 8.01. The molecule has 0 unspecified atom stereocenters. The number of unbranched alkanes of at least 4 members (excludes halogenated alkanes) is 6. The number of halogens is 1. The number of carbonyl (C=O) groups is 1. The summed E-state index contributed by atoms with van der Waals surface area (Å²) in [5.41, 5.74) is 0.533. The Kier molecular flexibility index (Phi) is 8.61. The Hall–Kier alpha value is -1.38. The predicted octanol–water partition coefficient (Wildman–Crippen LogP) is 7.10. The minimum Gasteiger partial charge on any atom is -0.326 e. The van der Waals surface area contributed by atoms with Crippen LogP contribution in [0, 0.1) is 17.2 Å². The monoisotopic (exact) mass is 361 g/mol. The number of hydrogen-bond acceptors (Lipinski definition) is 1. The fraction of sp³-hybridized carbons (Fsp3) is 0.696. The maximum atomic E-state index is 13.1. The molecule has 0 spiro atoms. The third-order valence-electron chi connectivity index (χ3n) is 5.94. The first-order valence-electron chi connectivity index (χ1n) is 10.7. The maximum Gasteiger partial charge on any atom is 0.230 e. The molecule has 0 aromatic heterocycles. The summed E-state index contributed by atoms with van der Waals surface area (Å²) in [6.45, 7) is 4.47. The molecule has 1 aromatic rings. The van der Waals surface area contributed by atoms with Gasteiger partial charge in [0, 0.05) is 5.69 Å². The fourth-order valence-electron chi connectivity index (χ4n) is 4.08. The lowest BCUT2D eigenvalue weighted by molar-refractivity contribution is -0.123. The summed E-state index contributed by atoms with van der Waals surface area (Å²) in [4.78, 5) is 13.0. The van der Waals surface area contributed by atoms with E-state index in [2.05, 4.69) is 19.2 Å². The standard InChI is InChI=1S/C23H36FNO/c1-3-5-7-9-11-19(12-10-8-6-4-2)23(17-18-23)22(26)25-21-15-13-20(24)14-16-21/h13-16,19H,3-12,17-18H2,1-2H3,(H,25,26). The zero-order valence-corrected chi connectivity index (χ0v) is 16.7. The lowest BCUT2D eigenvalue weighted by Gasteiger charge is -2.26. The molecule has 0 heterocycles. The molecule has 0 atom stereocenters. The molecule has 1 aromatic carbocycles. The molecule has 2 nitrogen and oxygen atoms in total. The van der Waals surface area contributed by atoms with Crippen molar-refractivity contribution in [1.29, 1.82) is 0 Å². The molecule has 2 rings (SSSR count). The fourth-order valence-corrected chi connectivity index (χ4v) is 4.08. The molecular formula is C23H36FNO. The van der Waals surface area contributed by atoms with Crippen molar-refractivity contribution in [2.24, 2.45) is 11.3 Å². The third kappa shape index (κ3) is 6.10. The third-order valence-corrected chi connectivity index (χ3v) is 5.94. The van der Waals surface area contributed by atoms with Gasteiger partial charge in [0.1, 0.15) is 5.82 Å². The van der Waals surface area contributed by atoms with Crippen LogP contribution in [0.25, 0.3) is 0 Å². The lowest BCUT2D eigenvalue weighted by atomic mass is 9.80. The van der Waals surface area contributed by atoms with Crippen LogP contribution in [0.3, 0.4) is 0 Å². The highest BCUT2D eigenvalue weighted by atomic mass is 19.1. The molecule has 1 aliphatic carbocycles. The van der Waals surface area contributed by atoms with Gasteiger partial charge >= 0.3 is 0 Å². The molecule has 1 saturated carbocycles. The minimum absolute atomic E-state index is 0.153. The quantitative estimate of drug-likeness (QED) is 0.373. The lowest BCUT2D eigenvalue weighted by Crippen LogP contribution is -2.31. The average molecular weight is 362 g/mol. The summed E-state index contributed by atoms with van der Waals surface area (Å²) in [7, 11) is 0. The Morgan fingerprint density at radius 3 is 1.96 bits per heavy atom. The molecule has 1 aliphatic rings. The predicted molar refractivity (Wildman–Crippen MR) is 108 cm³/mol. The van der Waals surface area contributed by atoms with Crippen LogP contribution in [0.15, 0.2) is 24.3 Å². The van der Waals surface area contributed by atoms with Gasteiger partial charge < -0.3 is 5.32 Å². The molecule has 0 aliphatic heterocycles. The molecule has 1 fully saturated rings. The van der Waals surface area contributed by atoms with Crippen LogP contribution in [-0.4, -0.2) is 5.91 Å². The van der Waals surface area contributed by atoms with Gasteiger partial charge in [0.05, 0.1) is 5.41 Å². The van der Waals surface area contributed by atoms with Crippen LogP contribution < -0.4 is 5.32 Å². The SMILES string of the molecule is CCCCCCC(CCCCCC)C1(C(=O)Nc2ccc(F)cc2)CC1. The minimum atomic E-state index is -0.270. The first-order valence-corrected chi connectivity index (χ1v) is 10.7. The van der Waals surface area contributed by atoms with Crippen molar-refractivity contribution in [3.8, 4) is 0 Å². The summed E-state index contributed by atoms with van der Waals surface area (Å²) >= 11 is 0. The summed E-state index contributed by atoms with van der Waals surface area (Å²) in [5.74, 6) is 0.380. The Labute approximate surface area is 159 Å². The first kappa shape index (κ1) is 20.9. The Morgan fingerprint density at radius 2 is 1.50 bits per heavy atom. The van der Waals surface area contributed by atoms with Gasteiger partial charge in [-0.1, -0.05) is 65.2 Å². The van der Waals surface area contributed by atoms with Crippen molar-refractivity contribution >= 4 is 11.6 Å². The van der Waals surface area contributed by atoms with Crippen LogP contribution in [0.4, 0.5) is 10.1 Å². The van der Waals surface area contributed by atoms with E-state index in [4.69, 9.17) is 0 Å². The molecule has 3 heteroatoms. The molecule has 0 saturated heterocycles. The van der Waals surface area contributed by atoms with Crippen molar-refractivity contribution in [3.05, 3.63) is 30.1 Å². The van der Waals surface area contributed by atoms with E-state index < -0.39 is 0 Å². The topological polar surface area (TPSA) is 29.1 Å². The van der Waals surface area contributed by atoms with Gasteiger partial charge in [0.15, 0.2) is 0 Å². The van der Waals surface area contributed by atoms with E-state index in [0.29, 0.717) is 11.6 Å². The van der Waals surface area contributed by atoms with E-state index in [1.54, 1.807) is 12.1 Å². The molecule has 1 amide bonds. The summed E-state index contributed by atoms with van der Waals surface area (Å²) in [6.07, 6.45) is 14.4. The van der Waals surface area contributed by atoms with Gasteiger partial charge in [-0.2, -0.15) is 0 Å². The second-order valence-electron chi connectivity index (χ2n) is 8.01. The Balaban J connectivity index is 1.95. The maximum absolute atomic E-state index is 13.1. The largest absolute Gasteiger partial charge is 0.326 e. The van der Waals surface area contributed by atoms with Crippen molar-refractivity contribution in [2.75, 3.05) is 5.32 Å². The normalized spacial score (nSPS) is 15.2. The van der Waals surface area contributed by atoms with E-state index in [0.717, 1.165) is 12.8 Å². The van der Waals surface area contributed by atoms with Crippen molar-refractivity contribution < 1.29 is 9.18 Å². The first-order chi connectivity index (χ1) is 12.6. The van der Waals surface area contributed by atoms with E-state index in [1.807, 2.05) is 0 Å². The molecule has 26 heavy (non-hydrogen) atoms. The second kappa shape index (κ2) is 10.7. The number of rotatable bonds is 13. The van der Waals surface area contributed by atoms with Gasteiger partial charge in [-0.25, -0.2) is 4.39 Å².